The number of thiazole rings is 1. The van der Waals surface area contributed by atoms with E-state index in [1.807, 2.05) is 5.38 Å². The predicted octanol–water partition coefficient (Wildman–Crippen LogP) is 4.03. The Hall–Kier alpha value is -2.27. The number of fused-ring (bicyclic) bond motifs is 1. The molecule has 0 atom stereocenters. The highest BCUT2D eigenvalue weighted by atomic mass is 32.1. The molecule has 25 heavy (non-hydrogen) atoms. The standard InChI is InChI=1S/C20H21N3OS/c1-13(2)14-6-8-15(9-7-14)19-22-16(11-25-19)10-23-12-21-18-5-3-4-17(18)20(23)24/h6-9,11-13H,3-5,10H2,1-2H3. The molecule has 4 rings (SSSR count). The fraction of sp³-hybridized carbons (Fsp3) is 0.350. The summed E-state index contributed by atoms with van der Waals surface area (Å²) in [6, 6.07) is 8.58. The summed E-state index contributed by atoms with van der Waals surface area (Å²) < 4.78 is 1.69. The maximum absolute atomic E-state index is 12.5. The third kappa shape index (κ3) is 3.16. The summed E-state index contributed by atoms with van der Waals surface area (Å²) in [6.45, 7) is 4.87. The molecule has 0 saturated heterocycles. The molecule has 5 heteroatoms. The zero-order valence-electron chi connectivity index (χ0n) is 14.5. The molecule has 3 aromatic rings. The van der Waals surface area contributed by atoms with Crippen LogP contribution in [0, 0.1) is 0 Å². The highest BCUT2D eigenvalue weighted by Crippen LogP contribution is 2.26. The molecule has 2 heterocycles. The van der Waals surface area contributed by atoms with Gasteiger partial charge in [0, 0.05) is 16.5 Å². The molecule has 0 bridgehead atoms. The number of aryl methyl sites for hydroxylation is 1. The van der Waals surface area contributed by atoms with E-state index in [4.69, 9.17) is 4.98 Å². The van der Waals surface area contributed by atoms with Crippen LogP contribution in [0.1, 0.15) is 48.7 Å². The topological polar surface area (TPSA) is 47.8 Å². The molecule has 0 aliphatic heterocycles. The van der Waals surface area contributed by atoms with E-state index in [2.05, 4.69) is 43.1 Å². The van der Waals surface area contributed by atoms with E-state index < -0.39 is 0 Å². The fourth-order valence-corrected chi connectivity index (χ4v) is 4.09. The second-order valence-corrected chi connectivity index (χ2v) is 7.74. The fourth-order valence-electron chi connectivity index (χ4n) is 3.28. The van der Waals surface area contributed by atoms with Gasteiger partial charge in [0.15, 0.2) is 0 Å². The normalized spacial score (nSPS) is 13.4. The van der Waals surface area contributed by atoms with Crippen molar-refractivity contribution in [2.75, 3.05) is 0 Å². The van der Waals surface area contributed by atoms with Crippen LogP contribution in [0.3, 0.4) is 0 Å². The van der Waals surface area contributed by atoms with Crippen LogP contribution in [0.15, 0.2) is 40.8 Å². The number of hydrogen-bond donors (Lipinski definition) is 0. The Morgan fingerprint density at radius 1 is 1.20 bits per heavy atom. The Balaban J connectivity index is 1.57. The molecule has 1 aliphatic rings. The highest BCUT2D eigenvalue weighted by Gasteiger charge is 2.17. The Morgan fingerprint density at radius 3 is 2.76 bits per heavy atom. The summed E-state index contributed by atoms with van der Waals surface area (Å²) in [5, 5.41) is 3.03. The molecule has 0 saturated carbocycles. The maximum Gasteiger partial charge on any atom is 0.257 e. The van der Waals surface area contributed by atoms with Gasteiger partial charge in [0.1, 0.15) is 5.01 Å². The van der Waals surface area contributed by atoms with Crippen LogP contribution >= 0.6 is 11.3 Å². The van der Waals surface area contributed by atoms with Crippen molar-refractivity contribution < 1.29 is 0 Å². The molecule has 0 unspecified atom stereocenters. The Labute approximate surface area is 151 Å². The van der Waals surface area contributed by atoms with Crippen molar-refractivity contribution in [2.45, 2.75) is 45.6 Å². The molecule has 0 fully saturated rings. The van der Waals surface area contributed by atoms with Gasteiger partial charge in [-0.15, -0.1) is 11.3 Å². The Morgan fingerprint density at radius 2 is 2.00 bits per heavy atom. The first-order valence-corrected chi connectivity index (χ1v) is 9.61. The number of hydrogen-bond acceptors (Lipinski definition) is 4. The van der Waals surface area contributed by atoms with Crippen LogP contribution in [0.2, 0.25) is 0 Å². The van der Waals surface area contributed by atoms with E-state index in [0.717, 1.165) is 46.8 Å². The minimum absolute atomic E-state index is 0.0957. The van der Waals surface area contributed by atoms with Crippen molar-refractivity contribution in [2.24, 2.45) is 0 Å². The first kappa shape index (κ1) is 16.2. The van der Waals surface area contributed by atoms with Crippen LogP contribution in [0.5, 0.6) is 0 Å². The number of nitrogens with zero attached hydrogens (tertiary/aromatic N) is 3. The lowest BCUT2D eigenvalue weighted by Crippen LogP contribution is -2.24. The Kier molecular flexibility index (Phi) is 4.25. The van der Waals surface area contributed by atoms with E-state index in [1.165, 1.54) is 5.56 Å². The van der Waals surface area contributed by atoms with Gasteiger partial charge in [-0.05, 0) is 30.7 Å². The lowest BCUT2D eigenvalue weighted by atomic mass is 10.0. The first-order valence-electron chi connectivity index (χ1n) is 8.74. The third-order valence-electron chi connectivity index (χ3n) is 4.77. The van der Waals surface area contributed by atoms with Gasteiger partial charge in [-0.25, -0.2) is 9.97 Å². The predicted molar refractivity (Wildman–Crippen MR) is 101 cm³/mol. The third-order valence-corrected chi connectivity index (χ3v) is 5.71. The van der Waals surface area contributed by atoms with E-state index in [9.17, 15) is 4.79 Å². The summed E-state index contributed by atoms with van der Waals surface area (Å²) in [7, 11) is 0. The molecular formula is C20H21N3OS. The average molecular weight is 351 g/mol. The summed E-state index contributed by atoms with van der Waals surface area (Å²) in [5.74, 6) is 0.528. The van der Waals surface area contributed by atoms with Gasteiger partial charge in [0.2, 0.25) is 0 Å². The zero-order valence-corrected chi connectivity index (χ0v) is 15.3. The molecule has 4 nitrogen and oxygen atoms in total. The summed E-state index contributed by atoms with van der Waals surface area (Å²) in [5.41, 5.74) is 5.33. The summed E-state index contributed by atoms with van der Waals surface area (Å²) in [4.78, 5) is 21.7. The van der Waals surface area contributed by atoms with Crippen molar-refractivity contribution in [3.63, 3.8) is 0 Å². The number of benzene rings is 1. The van der Waals surface area contributed by atoms with Crippen molar-refractivity contribution in [1.29, 1.82) is 0 Å². The molecule has 128 valence electrons. The van der Waals surface area contributed by atoms with E-state index in [-0.39, 0.29) is 5.56 Å². The van der Waals surface area contributed by atoms with Crippen LogP contribution < -0.4 is 5.56 Å². The van der Waals surface area contributed by atoms with Crippen molar-refractivity contribution >= 4 is 11.3 Å². The zero-order chi connectivity index (χ0) is 17.4. The second-order valence-electron chi connectivity index (χ2n) is 6.88. The van der Waals surface area contributed by atoms with Crippen LogP contribution in [0.25, 0.3) is 10.6 Å². The highest BCUT2D eigenvalue weighted by molar-refractivity contribution is 7.13. The molecule has 0 spiro atoms. The van der Waals surface area contributed by atoms with E-state index >= 15 is 0 Å². The monoisotopic (exact) mass is 351 g/mol. The SMILES string of the molecule is CC(C)c1ccc(-c2nc(Cn3cnc4c(c3=O)CCC4)cs2)cc1. The molecule has 0 amide bonds. The van der Waals surface area contributed by atoms with Crippen LogP contribution in [0.4, 0.5) is 0 Å². The molecule has 1 aliphatic carbocycles. The van der Waals surface area contributed by atoms with E-state index in [0.29, 0.717) is 12.5 Å². The smallest absolute Gasteiger partial charge is 0.257 e. The molecule has 1 aromatic carbocycles. The Bertz CT molecular complexity index is 954. The van der Waals surface area contributed by atoms with Crippen molar-refractivity contribution in [1.82, 2.24) is 14.5 Å². The molecule has 2 aromatic heterocycles. The average Bonchev–Trinajstić information content (AvgIpc) is 3.27. The quantitative estimate of drug-likeness (QED) is 0.713. The van der Waals surface area contributed by atoms with E-state index in [1.54, 1.807) is 22.2 Å². The van der Waals surface area contributed by atoms with Gasteiger partial charge in [-0.3, -0.25) is 9.36 Å². The van der Waals surface area contributed by atoms with Crippen LogP contribution in [-0.2, 0) is 19.4 Å². The molecule has 0 radical (unpaired) electrons. The molecular weight excluding hydrogens is 330 g/mol. The van der Waals surface area contributed by atoms with Gasteiger partial charge < -0.3 is 0 Å². The lowest BCUT2D eigenvalue weighted by Gasteiger charge is -2.06. The van der Waals surface area contributed by atoms with Crippen molar-refractivity contribution in [3.8, 4) is 10.6 Å². The van der Waals surface area contributed by atoms with Gasteiger partial charge in [0.25, 0.3) is 5.56 Å². The minimum atomic E-state index is 0.0957. The van der Waals surface area contributed by atoms with Crippen molar-refractivity contribution in [3.05, 3.63) is 68.8 Å². The van der Waals surface area contributed by atoms with Gasteiger partial charge in [-0.1, -0.05) is 38.1 Å². The summed E-state index contributed by atoms with van der Waals surface area (Å²) >= 11 is 1.62. The number of aromatic nitrogens is 3. The number of rotatable bonds is 4. The van der Waals surface area contributed by atoms with Gasteiger partial charge in [0.05, 0.1) is 24.3 Å². The second kappa shape index (κ2) is 6.56. The summed E-state index contributed by atoms with van der Waals surface area (Å²) in [6.07, 6.45) is 4.49. The van der Waals surface area contributed by atoms with Crippen LogP contribution in [-0.4, -0.2) is 14.5 Å². The minimum Gasteiger partial charge on any atom is -0.293 e. The first-order chi connectivity index (χ1) is 12.1. The maximum atomic E-state index is 12.5. The lowest BCUT2D eigenvalue weighted by molar-refractivity contribution is 0.710. The van der Waals surface area contributed by atoms with Gasteiger partial charge in [-0.2, -0.15) is 0 Å². The largest absolute Gasteiger partial charge is 0.293 e. The van der Waals surface area contributed by atoms with Gasteiger partial charge >= 0.3 is 0 Å². The molecule has 0 N–H and O–H groups in total.